The van der Waals surface area contributed by atoms with Crippen molar-refractivity contribution in [2.75, 3.05) is 0 Å². The molecule has 0 aliphatic carbocycles. The average Bonchev–Trinajstić information content (AvgIpc) is 2.28. The topological polar surface area (TPSA) is 77.8 Å². The molecule has 4 heteroatoms. The summed E-state index contributed by atoms with van der Waals surface area (Å²) in [6.07, 6.45) is 2.46. The summed E-state index contributed by atoms with van der Waals surface area (Å²) >= 11 is 0. The highest BCUT2D eigenvalue weighted by Crippen LogP contribution is 2.26. The smallest absolute Gasteiger partial charge is 0.331 e. The number of phenolic OH excluding ortho intramolecular Hbond substituents is 2. The lowest BCUT2D eigenvalue weighted by Crippen LogP contribution is -2.00. The van der Waals surface area contributed by atoms with E-state index in [1.165, 1.54) is 18.2 Å². The molecule has 1 rings (SSSR count). The molecule has 0 saturated heterocycles. The van der Waals surface area contributed by atoms with Gasteiger partial charge in [-0.3, -0.25) is 0 Å². The monoisotopic (exact) mass is 248 g/mol. The van der Waals surface area contributed by atoms with Crippen LogP contribution in [0.5, 0.6) is 11.5 Å². The fourth-order valence-corrected chi connectivity index (χ4v) is 1.42. The molecule has 0 radical (unpaired) electrons. The van der Waals surface area contributed by atoms with Crippen LogP contribution in [0.3, 0.4) is 0 Å². The third kappa shape index (κ3) is 3.97. The minimum atomic E-state index is -0.996. The van der Waals surface area contributed by atoms with Crippen LogP contribution in [0.1, 0.15) is 25.3 Å². The van der Waals surface area contributed by atoms with Gasteiger partial charge in [-0.2, -0.15) is 0 Å². The molecule has 4 nitrogen and oxygen atoms in total. The van der Waals surface area contributed by atoms with Gasteiger partial charge in [0.15, 0.2) is 11.5 Å². The molecule has 3 N–H and O–H groups in total. The number of aliphatic carboxylic acids is 1. The van der Waals surface area contributed by atoms with Gasteiger partial charge in [0.1, 0.15) is 0 Å². The number of carboxylic acids is 1. The SMILES string of the molecule is C=C(C)CCC(=Cc1ccc(O)c(O)c1)C(=O)O. The van der Waals surface area contributed by atoms with Gasteiger partial charge in [-0.05, 0) is 43.5 Å². The molecule has 0 spiro atoms. The molecular formula is C14H16O4. The highest BCUT2D eigenvalue weighted by molar-refractivity contribution is 5.92. The standard InChI is InChI=1S/C14H16O4/c1-9(2)3-5-11(14(17)18)7-10-4-6-12(15)13(16)8-10/h4,6-8,15-16H,1,3,5H2,2H3,(H,17,18). The van der Waals surface area contributed by atoms with Gasteiger partial charge in [-0.1, -0.05) is 11.6 Å². The Bertz CT molecular complexity index is 501. The number of rotatable bonds is 5. The second kappa shape index (κ2) is 5.91. The Morgan fingerprint density at radius 3 is 2.44 bits per heavy atom. The van der Waals surface area contributed by atoms with Gasteiger partial charge in [0, 0.05) is 5.57 Å². The van der Waals surface area contributed by atoms with Crippen LogP contribution in [-0.4, -0.2) is 21.3 Å². The maximum Gasteiger partial charge on any atom is 0.331 e. The van der Waals surface area contributed by atoms with Crippen LogP contribution < -0.4 is 0 Å². The summed E-state index contributed by atoms with van der Waals surface area (Å²) in [4.78, 5) is 11.1. The fourth-order valence-electron chi connectivity index (χ4n) is 1.42. The van der Waals surface area contributed by atoms with Gasteiger partial charge in [-0.25, -0.2) is 4.79 Å². The van der Waals surface area contributed by atoms with Crippen molar-refractivity contribution in [1.29, 1.82) is 0 Å². The van der Waals surface area contributed by atoms with Crippen molar-refractivity contribution in [3.05, 3.63) is 41.5 Å². The molecule has 0 atom stereocenters. The van der Waals surface area contributed by atoms with Crippen LogP contribution in [0.4, 0.5) is 0 Å². The molecule has 96 valence electrons. The zero-order chi connectivity index (χ0) is 13.7. The van der Waals surface area contributed by atoms with E-state index in [0.29, 0.717) is 18.4 Å². The van der Waals surface area contributed by atoms with E-state index < -0.39 is 5.97 Å². The van der Waals surface area contributed by atoms with Gasteiger partial charge in [0.2, 0.25) is 0 Å². The quantitative estimate of drug-likeness (QED) is 0.425. The molecule has 0 aliphatic heterocycles. The normalized spacial score (nSPS) is 11.3. The molecule has 0 saturated carbocycles. The summed E-state index contributed by atoms with van der Waals surface area (Å²) in [7, 11) is 0. The zero-order valence-corrected chi connectivity index (χ0v) is 10.2. The van der Waals surface area contributed by atoms with Crippen LogP contribution in [-0.2, 0) is 4.79 Å². The molecule has 1 aromatic carbocycles. The Balaban J connectivity index is 2.96. The van der Waals surface area contributed by atoms with Crippen LogP contribution in [0, 0.1) is 0 Å². The molecule has 0 bridgehead atoms. The van der Waals surface area contributed by atoms with E-state index in [1.54, 1.807) is 6.07 Å². The average molecular weight is 248 g/mol. The Hall–Kier alpha value is -2.23. The summed E-state index contributed by atoms with van der Waals surface area (Å²) in [5, 5.41) is 27.6. The number of carboxylic acid groups (broad SMARTS) is 1. The molecule has 0 unspecified atom stereocenters. The number of hydrogen-bond donors (Lipinski definition) is 3. The number of carbonyl (C=O) groups is 1. The lowest BCUT2D eigenvalue weighted by atomic mass is 10.0. The van der Waals surface area contributed by atoms with Gasteiger partial charge in [0.05, 0.1) is 0 Å². The number of hydrogen-bond acceptors (Lipinski definition) is 3. The van der Waals surface area contributed by atoms with E-state index in [9.17, 15) is 9.90 Å². The van der Waals surface area contributed by atoms with E-state index in [4.69, 9.17) is 10.2 Å². The third-order valence-electron chi connectivity index (χ3n) is 2.44. The first-order valence-electron chi connectivity index (χ1n) is 5.50. The zero-order valence-electron chi connectivity index (χ0n) is 10.2. The van der Waals surface area contributed by atoms with E-state index in [2.05, 4.69) is 6.58 Å². The second-order valence-electron chi connectivity index (χ2n) is 4.18. The minimum absolute atomic E-state index is 0.231. The maximum atomic E-state index is 11.1. The van der Waals surface area contributed by atoms with Crippen molar-refractivity contribution in [2.45, 2.75) is 19.8 Å². The van der Waals surface area contributed by atoms with E-state index in [0.717, 1.165) is 5.57 Å². The molecule has 0 aliphatic rings. The molecule has 1 aromatic rings. The molecule has 0 fully saturated rings. The van der Waals surface area contributed by atoms with E-state index >= 15 is 0 Å². The fraction of sp³-hybridized carbons (Fsp3) is 0.214. The Morgan fingerprint density at radius 2 is 1.94 bits per heavy atom. The lowest BCUT2D eigenvalue weighted by Gasteiger charge is -2.04. The van der Waals surface area contributed by atoms with Crippen LogP contribution >= 0.6 is 0 Å². The summed E-state index contributed by atoms with van der Waals surface area (Å²) in [5.41, 5.74) is 1.68. The van der Waals surface area contributed by atoms with Crippen LogP contribution in [0.25, 0.3) is 6.08 Å². The first-order chi connectivity index (χ1) is 8.40. The largest absolute Gasteiger partial charge is 0.504 e. The van der Waals surface area contributed by atoms with Gasteiger partial charge in [-0.15, -0.1) is 6.58 Å². The van der Waals surface area contributed by atoms with E-state index in [-0.39, 0.29) is 17.1 Å². The van der Waals surface area contributed by atoms with Crippen molar-refractivity contribution in [2.24, 2.45) is 0 Å². The minimum Gasteiger partial charge on any atom is -0.504 e. The summed E-state index contributed by atoms with van der Waals surface area (Å²) < 4.78 is 0. The van der Waals surface area contributed by atoms with Crippen molar-refractivity contribution < 1.29 is 20.1 Å². The van der Waals surface area contributed by atoms with Gasteiger partial charge >= 0.3 is 5.97 Å². The predicted octanol–water partition coefficient (Wildman–Crippen LogP) is 2.92. The number of aromatic hydroxyl groups is 2. The Morgan fingerprint density at radius 1 is 1.28 bits per heavy atom. The van der Waals surface area contributed by atoms with Crippen molar-refractivity contribution >= 4 is 12.0 Å². The molecule has 0 aromatic heterocycles. The predicted molar refractivity (Wildman–Crippen MR) is 69.4 cm³/mol. The summed E-state index contributed by atoms with van der Waals surface area (Å²) in [6, 6.07) is 4.18. The highest BCUT2D eigenvalue weighted by Gasteiger charge is 2.08. The number of benzene rings is 1. The van der Waals surface area contributed by atoms with E-state index in [1.807, 2.05) is 6.92 Å². The van der Waals surface area contributed by atoms with Crippen LogP contribution in [0.15, 0.2) is 35.9 Å². The number of allylic oxidation sites excluding steroid dienone is 1. The highest BCUT2D eigenvalue weighted by atomic mass is 16.4. The van der Waals surface area contributed by atoms with Crippen LogP contribution in [0.2, 0.25) is 0 Å². The second-order valence-corrected chi connectivity index (χ2v) is 4.18. The molecule has 0 heterocycles. The Kier molecular flexibility index (Phi) is 4.54. The van der Waals surface area contributed by atoms with Gasteiger partial charge in [0.25, 0.3) is 0 Å². The first kappa shape index (κ1) is 13.8. The maximum absolute atomic E-state index is 11.1. The number of phenols is 2. The summed E-state index contributed by atoms with van der Waals surface area (Å²) in [6.45, 7) is 5.57. The third-order valence-corrected chi connectivity index (χ3v) is 2.44. The van der Waals surface area contributed by atoms with Crippen molar-refractivity contribution in [3.63, 3.8) is 0 Å². The lowest BCUT2D eigenvalue weighted by molar-refractivity contribution is -0.132. The molecular weight excluding hydrogens is 232 g/mol. The molecule has 0 amide bonds. The van der Waals surface area contributed by atoms with Crippen molar-refractivity contribution in [1.82, 2.24) is 0 Å². The van der Waals surface area contributed by atoms with Gasteiger partial charge < -0.3 is 15.3 Å². The Labute approximate surface area is 106 Å². The first-order valence-corrected chi connectivity index (χ1v) is 5.50. The summed E-state index contributed by atoms with van der Waals surface area (Å²) in [5.74, 6) is -1.50. The van der Waals surface area contributed by atoms with Crippen molar-refractivity contribution in [3.8, 4) is 11.5 Å². The molecule has 18 heavy (non-hydrogen) atoms.